The third kappa shape index (κ3) is 2.60. The van der Waals surface area contributed by atoms with Crippen molar-refractivity contribution < 1.29 is 22.3 Å². The molecular formula is C20H11F3N2O3. The Morgan fingerprint density at radius 3 is 2.46 bits per heavy atom. The van der Waals surface area contributed by atoms with E-state index in [-0.39, 0.29) is 33.9 Å². The molecule has 2 heterocycles. The van der Waals surface area contributed by atoms with Crippen LogP contribution in [-0.2, 0) is 6.18 Å². The zero-order chi connectivity index (χ0) is 20.1. The maximum atomic E-state index is 13.6. The molecule has 1 aromatic heterocycles. The second kappa shape index (κ2) is 6.16. The van der Waals surface area contributed by atoms with E-state index in [2.05, 4.69) is 0 Å². The van der Waals surface area contributed by atoms with Gasteiger partial charge in [-0.2, -0.15) is 18.4 Å². The van der Waals surface area contributed by atoms with Crippen LogP contribution in [0.4, 0.5) is 13.2 Å². The monoisotopic (exact) mass is 384 g/mol. The third-order valence-corrected chi connectivity index (χ3v) is 4.55. The SMILES string of the molecule is N#CC1=C(N)Oc2c(c(=O)oc3ccccc23)C1c1ccccc1C(F)(F)F. The highest BCUT2D eigenvalue weighted by molar-refractivity contribution is 5.86. The van der Waals surface area contributed by atoms with E-state index in [1.807, 2.05) is 0 Å². The van der Waals surface area contributed by atoms with Crippen LogP contribution in [0.25, 0.3) is 11.0 Å². The second-order valence-corrected chi connectivity index (χ2v) is 6.14. The Morgan fingerprint density at radius 2 is 1.75 bits per heavy atom. The van der Waals surface area contributed by atoms with Crippen LogP contribution in [-0.4, -0.2) is 0 Å². The number of para-hydroxylation sites is 1. The summed E-state index contributed by atoms with van der Waals surface area (Å²) in [5.74, 6) is -1.73. The van der Waals surface area contributed by atoms with E-state index in [9.17, 15) is 23.2 Å². The first-order valence-corrected chi connectivity index (χ1v) is 8.12. The van der Waals surface area contributed by atoms with Crippen molar-refractivity contribution >= 4 is 11.0 Å². The lowest BCUT2D eigenvalue weighted by atomic mass is 9.81. The first-order chi connectivity index (χ1) is 13.3. The number of benzene rings is 2. The number of nitrogens with two attached hydrogens (primary N) is 1. The number of nitrogens with zero attached hydrogens (tertiary/aromatic N) is 1. The van der Waals surface area contributed by atoms with Gasteiger partial charge >= 0.3 is 11.8 Å². The van der Waals surface area contributed by atoms with Gasteiger partial charge in [0.2, 0.25) is 5.88 Å². The molecule has 0 aliphatic carbocycles. The zero-order valence-corrected chi connectivity index (χ0v) is 14.1. The van der Waals surface area contributed by atoms with E-state index >= 15 is 0 Å². The van der Waals surface area contributed by atoms with Crippen molar-refractivity contribution in [3.63, 3.8) is 0 Å². The van der Waals surface area contributed by atoms with Gasteiger partial charge in [0.15, 0.2) is 5.75 Å². The number of rotatable bonds is 1. The largest absolute Gasteiger partial charge is 0.439 e. The highest BCUT2D eigenvalue weighted by atomic mass is 19.4. The van der Waals surface area contributed by atoms with Crippen molar-refractivity contribution in [3.8, 4) is 11.8 Å². The van der Waals surface area contributed by atoms with Gasteiger partial charge in [-0.3, -0.25) is 0 Å². The summed E-state index contributed by atoms with van der Waals surface area (Å²) in [5, 5.41) is 9.90. The minimum absolute atomic E-state index is 0.00896. The fraction of sp³-hybridized carbons (Fsp3) is 0.100. The summed E-state index contributed by atoms with van der Waals surface area (Å²) in [6, 6.07) is 12.9. The van der Waals surface area contributed by atoms with Crippen LogP contribution < -0.4 is 16.1 Å². The van der Waals surface area contributed by atoms with Crippen LogP contribution >= 0.6 is 0 Å². The molecule has 0 saturated heterocycles. The van der Waals surface area contributed by atoms with Crippen LogP contribution in [0.15, 0.2) is 69.2 Å². The molecule has 2 aromatic carbocycles. The highest BCUT2D eigenvalue weighted by Gasteiger charge is 2.41. The molecule has 0 bridgehead atoms. The number of allylic oxidation sites excluding steroid dienone is 1. The molecule has 140 valence electrons. The summed E-state index contributed by atoms with van der Waals surface area (Å²) in [5.41, 5.74) is 3.43. The number of fused-ring (bicyclic) bond motifs is 3. The molecule has 8 heteroatoms. The third-order valence-electron chi connectivity index (χ3n) is 4.55. The molecule has 5 nitrogen and oxygen atoms in total. The zero-order valence-electron chi connectivity index (χ0n) is 14.1. The van der Waals surface area contributed by atoms with E-state index < -0.39 is 23.3 Å². The Balaban J connectivity index is 2.12. The molecular weight excluding hydrogens is 373 g/mol. The van der Waals surface area contributed by atoms with Crippen molar-refractivity contribution in [1.82, 2.24) is 0 Å². The molecule has 1 atom stereocenters. The molecule has 0 saturated carbocycles. The molecule has 4 rings (SSSR count). The van der Waals surface area contributed by atoms with E-state index in [4.69, 9.17) is 14.9 Å². The van der Waals surface area contributed by atoms with Crippen LogP contribution in [0, 0.1) is 11.3 Å². The van der Waals surface area contributed by atoms with Gasteiger partial charge in [-0.1, -0.05) is 30.3 Å². The van der Waals surface area contributed by atoms with Crippen LogP contribution in [0.5, 0.6) is 5.75 Å². The molecule has 1 aliphatic rings. The van der Waals surface area contributed by atoms with E-state index in [0.29, 0.717) is 5.39 Å². The summed E-state index contributed by atoms with van der Waals surface area (Å²) >= 11 is 0. The quantitative estimate of drug-likeness (QED) is 0.640. The Kier molecular flexibility index (Phi) is 3.89. The van der Waals surface area contributed by atoms with Gasteiger partial charge < -0.3 is 14.9 Å². The maximum absolute atomic E-state index is 13.6. The van der Waals surface area contributed by atoms with E-state index in [1.165, 1.54) is 24.3 Å². The normalized spacial score (nSPS) is 16.4. The average Bonchev–Trinajstić information content (AvgIpc) is 2.66. The Labute approximate surface area is 156 Å². The molecule has 1 aliphatic heterocycles. The second-order valence-electron chi connectivity index (χ2n) is 6.14. The lowest BCUT2D eigenvalue weighted by molar-refractivity contribution is -0.138. The van der Waals surface area contributed by atoms with Crippen molar-refractivity contribution in [3.05, 3.63) is 87.1 Å². The Hall–Kier alpha value is -3.73. The number of halogens is 3. The first-order valence-electron chi connectivity index (χ1n) is 8.12. The Morgan fingerprint density at radius 1 is 1.07 bits per heavy atom. The van der Waals surface area contributed by atoms with Gasteiger partial charge in [0.05, 0.1) is 22.4 Å². The number of alkyl halides is 3. The van der Waals surface area contributed by atoms with Crippen molar-refractivity contribution in [1.29, 1.82) is 5.26 Å². The highest BCUT2D eigenvalue weighted by Crippen LogP contribution is 2.46. The van der Waals surface area contributed by atoms with Gasteiger partial charge in [0.1, 0.15) is 17.2 Å². The number of hydrogen-bond acceptors (Lipinski definition) is 5. The van der Waals surface area contributed by atoms with Crippen molar-refractivity contribution in [2.75, 3.05) is 0 Å². The van der Waals surface area contributed by atoms with Crippen molar-refractivity contribution in [2.24, 2.45) is 5.73 Å². The summed E-state index contributed by atoms with van der Waals surface area (Å²) in [6.07, 6.45) is -4.69. The van der Waals surface area contributed by atoms with E-state index in [1.54, 1.807) is 24.3 Å². The standard InChI is InChI=1S/C20H11F3N2O3/c21-20(22,23)13-7-3-1-5-10(13)15-12(9-24)18(25)28-17-11-6-2-4-8-14(11)27-19(26)16(15)17/h1-8,15H,25H2. The van der Waals surface area contributed by atoms with E-state index in [0.717, 1.165) is 6.07 Å². The van der Waals surface area contributed by atoms with Gasteiger partial charge in [-0.25, -0.2) is 4.79 Å². The minimum Gasteiger partial charge on any atom is -0.439 e. The molecule has 1 unspecified atom stereocenters. The number of ether oxygens (including phenoxy) is 1. The molecule has 3 aromatic rings. The Bertz CT molecular complexity index is 1240. The number of nitriles is 1. The summed E-state index contributed by atoms with van der Waals surface area (Å²) < 4.78 is 51.6. The molecule has 2 N–H and O–H groups in total. The van der Waals surface area contributed by atoms with Gasteiger partial charge in [0, 0.05) is 0 Å². The summed E-state index contributed by atoms with van der Waals surface area (Å²) in [4.78, 5) is 12.7. The topological polar surface area (TPSA) is 89.3 Å². The van der Waals surface area contributed by atoms with Gasteiger partial charge in [-0.15, -0.1) is 0 Å². The van der Waals surface area contributed by atoms with Crippen LogP contribution in [0.3, 0.4) is 0 Å². The maximum Gasteiger partial charge on any atom is 0.416 e. The fourth-order valence-corrected chi connectivity index (χ4v) is 3.38. The summed E-state index contributed by atoms with van der Waals surface area (Å²) in [6.45, 7) is 0. The molecule has 0 spiro atoms. The van der Waals surface area contributed by atoms with Crippen molar-refractivity contribution in [2.45, 2.75) is 12.1 Å². The molecule has 0 amide bonds. The molecule has 0 fully saturated rings. The smallest absolute Gasteiger partial charge is 0.416 e. The lowest BCUT2D eigenvalue weighted by Gasteiger charge is -2.27. The lowest BCUT2D eigenvalue weighted by Crippen LogP contribution is -2.27. The van der Waals surface area contributed by atoms with Crippen LogP contribution in [0.1, 0.15) is 22.6 Å². The number of hydrogen-bond donors (Lipinski definition) is 1. The predicted molar refractivity (Wildman–Crippen MR) is 93.2 cm³/mol. The molecule has 0 radical (unpaired) electrons. The summed E-state index contributed by atoms with van der Waals surface area (Å²) in [7, 11) is 0. The predicted octanol–water partition coefficient (Wildman–Crippen LogP) is 4.03. The van der Waals surface area contributed by atoms with Gasteiger partial charge in [0.25, 0.3) is 0 Å². The van der Waals surface area contributed by atoms with Gasteiger partial charge in [-0.05, 0) is 23.8 Å². The fourth-order valence-electron chi connectivity index (χ4n) is 3.38. The minimum atomic E-state index is -4.69. The van der Waals surface area contributed by atoms with Crippen LogP contribution in [0.2, 0.25) is 0 Å². The average molecular weight is 384 g/mol. The first kappa shape index (κ1) is 17.7. The molecule has 28 heavy (non-hydrogen) atoms.